The average Bonchev–Trinajstić information content (AvgIpc) is 3.40. The minimum Gasteiger partial charge on any atom is -0.459 e. The van der Waals surface area contributed by atoms with E-state index in [4.69, 9.17) is 8.83 Å². The Morgan fingerprint density at radius 2 is 1.53 bits per heavy atom. The fraction of sp³-hybridized carbons (Fsp3) is 0. The molecule has 0 bridgehead atoms. The molecule has 0 saturated heterocycles. The van der Waals surface area contributed by atoms with Crippen LogP contribution in [-0.4, -0.2) is 16.8 Å². The standard InChI is InChI=1S/C26H17N3O5/c30-23(16-6-3-8-18(14-16)28-24(31)22-12-5-13-33-22)27-19-9-4-7-17(15-19)25-29-21-11-2-1-10-20(21)26(32)34-25/h1-15H,(H,27,30)(H,28,31). The lowest BCUT2D eigenvalue weighted by Crippen LogP contribution is -2.14. The molecule has 2 aromatic heterocycles. The molecule has 0 aliphatic heterocycles. The summed E-state index contributed by atoms with van der Waals surface area (Å²) in [7, 11) is 0. The quantitative estimate of drug-likeness (QED) is 0.391. The Bertz CT molecular complexity index is 1570. The summed E-state index contributed by atoms with van der Waals surface area (Å²) < 4.78 is 10.5. The van der Waals surface area contributed by atoms with E-state index in [1.165, 1.54) is 6.26 Å². The Balaban J connectivity index is 1.36. The number of hydrogen-bond donors (Lipinski definition) is 2. The lowest BCUT2D eigenvalue weighted by Gasteiger charge is -2.09. The van der Waals surface area contributed by atoms with Crippen molar-refractivity contribution in [1.82, 2.24) is 4.98 Å². The van der Waals surface area contributed by atoms with Crippen molar-refractivity contribution < 1.29 is 18.4 Å². The van der Waals surface area contributed by atoms with E-state index in [0.717, 1.165) is 0 Å². The number of para-hydroxylation sites is 1. The van der Waals surface area contributed by atoms with Crippen molar-refractivity contribution in [3.05, 3.63) is 113 Å². The van der Waals surface area contributed by atoms with Gasteiger partial charge in [-0.15, -0.1) is 0 Å². The highest BCUT2D eigenvalue weighted by molar-refractivity contribution is 6.06. The molecule has 8 nitrogen and oxygen atoms in total. The molecule has 0 atom stereocenters. The molecule has 2 amide bonds. The van der Waals surface area contributed by atoms with Gasteiger partial charge in [0.05, 0.1) is 17.2 Å². The van der Waals surface area contributed by atoms with E-state index in [2.05, 4.69) is 15.6 Å². The first kappa shape index (κ1) is 20.9. The van der Waals surface area contributed by atoms with Gasteiger partial charge in [-0.05, 0) is 60.7 Å². The zero-order valence-corrected chi connectivity index (χ0v) is 17.6. The monoisotopic (exact) mass is 451 g/mol. The van der Waals surface area contributed by atoms with Crippen LogP contribution in [0.25, 0.3) is 22.4 Å². The molecular weight excluding hydrogens is 434 g/mol. The van der Waals surface area contributed by atoms with E-state index in [1.807, 2.05) is 0 Å². The SMILES string of the molecule is O=C(Nc1cccc(-c2nc3ccccc3c(=O)o2)c1)c1cccc(NC(=O)c2ccco2)c1. The van der Waals surface area contributed by atoms with Gasteiger partial charge >= 0.3 is 5.63 Å². The van der Waals surface area contributed by atoms with Crippen LogP contribution in [0, 0.1) is 0 Å². The summed E-state index contributed by atoms with van der Waals surface area (Å²) >= 11 is 0. The van der Waals surface area contributed by atoms with E-state index in [0.29, 0.717) is 33.4 Å². The zero-order valence-electron chi connectivity index (χ0n) is 17.6. The number of fused-ring (bicyclic) bond motifs is 1. The molecule has 0 saturated carbocycles. The number of hydrogen-bond acceptors (Lipinski definition) is 6. The van der Waals surface area contributed by atoms with Gasteiger partial charge in [-0.2, -0.15) is 0 Å². The van der Waals surface area contributed by atoms with Crippen molar-refractivity contribution >= 4 is 34.1 Å². The molecule has 0 spiro atoms. The predicted octanol–water partition coefficient (Wildman–Crippen LogP) is 4.95. The van der Waals surface area contributed by atoms with Crippen molar-refractivity contribution in [1.29, 1.82) is 0 Å². The van der Waals surface area contributed by atoms with Crippen LogP contribution >= 0.6 is 0 Å². The summed E-state index contributed by atoms with van der Waals surface area (Å²) in [6, 6.07) is 23.5. The van der Waals surface area contributed by atoms with E-state index in [9.17, 15) is 14.4 Å². The Morgan fingerprint density at radius 3 is 2.35 bits per heavy atom. The second-order valence-corrected chi connectivity index (χ2v) is 7.37. The van der Waals surface area contributed by atoms with Crippen LogP contribution < -0.4 is 16.3 Å². The van der Waals surface area contributed by atoms with E-state index in [1.54, 1.807) is 84.9 Å². The van der Waals surface area contributed by atoms with Crippen LogP contribution in [-0.2, 0) is 0 Å². The van der Waals surface area contributed by atoms with Gasteiger partial charge < -0.3 is 19.5 Å². The van der Waals surface area contributed by atoms with Gasteiger partial charge in [0.25, 0.3) is 11.8 Å². The molecule has 3 aromatic carbocycles. The Morgan fingerprint density at radius 1 is 0.765 bits per heavy atom. The van der Waals surface area contributed by atoms with Gasteiger partial charge in [-0.1, -0.05) is 24.3 Å². The molecular formula is C26H17N3O5. The summed E-state index contributed by atoms with van der Waals surface area (Å²) in [5, 5.41) is 5.90. The number of aromatic nitrogens is 1. The van der Waals surface area contributed by atoms with Crippen LogP contribution in [0.3, 0.4) is 0 Å². The minimum absolute atomic E-state index is 0.155. The molecule has 166 valence electrons. The molecule has 2 N–H and O–H groups in total. The van der Waals surface area contributed by atoms with E-state index in [-0.39, 0.29) is 17.6 Å². The summed E-state index contributed by atoms with van der Waals surface area (Å²) in [5.74, 6) is -0.470. The highest BCUT2D eigenvalue weighted by atomic mass is 16.4. The van der Waals surface area contributed by atoms with Gasteiger partial charge in [0.15, 0.2) is 5.76 Å². The Labute approximate surface area is 192 Å². The highest BCUT2D eigenvalue weighted by Gasteiger charge is 2.13. The maximum Gasteiger partial charge on any atom is 0.347 e. The Kier molecular flexibility index (Phi) is 5.45. The van der Waals surface area contributed by atoms with Crippen molar-refractivity contribution in [3.8, 4) is 11.5 Å². The first-order chi connectivity index (χ1) is 16.6. The number of anilines is 2. The lowest BCUT2D eigenvalue weighted by atomic mass is 10.1. The van der Waals surface area contributed by atoms with Crippen molar-refractivity contribution in [2.45, 2.75) is 0 Å². The Hall–Kier alpha value is -4.98. The molecule has 34 heavy (non-hydrogen) atoms. The number of rotatable bonds is 5. The van der Waals surface area contributed by atoms with Crippen LogP contribution in [0.15, 0.2) is 105 Å². The van der Waals surface area contributed by atoms with Gasteiger partial charge in [0, 0.05) is 22.5 Å². The molecule has 5 aromatic rings. The third-order valence-corrected chi connectivity index (χ3v) is 5.03. The summed E-state index contributed by atoms with van der Waals surface area (Å²) in [4.78, 5) is 41.7. The third-order valence-electron chi connectivity index (χ3n) is 5.03. The largest absolute Gasteiger partial charge is 0.459 e. The van der Waals surface area contributed by atoms with E-state index < -0.39 is 11.5 Å². The predicted molar refractivity (Wildman–Crippen MR) is 127 cm³/mol. The number of nitrogens with zero attached hydrogens (tertiary/aromatic N) is 1. The number of benzene rings is 3. The number of carbonyl (C=O) groups excluding carboxylic acids is 2. The van der Waals surface area contributed by atoms with E-state index >= 15 is 0 Å². The molecule has 5 rings (SSSR count). The first-order valence-electron chi connectivity index (χ1n) is 10.3. The molecule has 0 radical (unpaired) electrons. The van der Waals surface area contributed by atoms with Crippen LogP contribution in [0.4, 0.5) is 11.4 Å². The first-order valence-corrected chi connectivity index (χ1v) is 10.3. The van der Waals surface area contributed by atoms with Crippen LogP contribution in [0.2, 0.25) is 0 Å². The average molecular weight is 451 g/mol. The topological polar surface area (TPSA) is 114 Å². The fourth-order valence-electron chi connectivity index (χ4n) is 3.41. The van der Waals surface area contributed by atoms with Crippen molar-refractivity contribution in [3.63, 3.8) is 0 Å². The molecule has 0 fully saturated rings. The summed E-state index contributed by atoms with van der Waals surface area (Å²) in [6.45, 7) is 0. The van der Waals surface area contributed by atoms with Crippen molar-refractivity contribution in [2.24, 2.45) is 0 Å². The molecule has 2 heterocycles. The smallest absolute Gasteiger partial charge is 0.347 e. The maximum atomic E-state index is 12.8. The second-order valence-electron chi connectivity index (χ2n) is 7.37. The van der Waals surface area contributed by atoms with Crippen molar-refractivity contribution in [2.75, 3.05) is 10.6 Å². The van der Waals surface area contributed by atoms with Gasteiger partial charge in [0.2, 0.25) is 5.89 Å². The highest BCUT2D eigenvalue weighted by Crippen LogP contribution is 2.23. The fourth-order valence-corrected chi connectivity index (χ4v) is 3.41. The minimum atomic E-state index is -0.483. The second kappa shape index (κ2) is 8.87. The summed E-state index contributed by atoms with van der Waals surface area (Å²) in [5.41, 5.74) is 1.87. The molecule has 8 heteroatoms. The molecule has 0 aliphatic carbocycles. The maximum absolute atomic E-state index is 12.8. The summed E-state index contributed by atoms with van der Waals surface area (Å²) in [6.07, 6.45) is 1.41. The number of amides is 2. The van der Waals surface area contributed by atoms with Crippen LogP contribution in [0.1, 0.15) is 20.9 Å². The zero-order chi connectivity index (χ0) is 23.5. The number of carbonyl (C=O) groups is 2. The lowest BCUT2D eigenvalue weighted by molar-refractivity contribution is 0.0993. The third kappa shape index (κ3) is 4.33. The number of nitrogens with one attached hydrogen (secondary N) is 2. The number of furan rings is 1. The van der Waals surface area contributed by atoms with Gasteiger partial charge in [0.1, 0.15) is 0 Å². The molecule has 0 unspecified atom stereocenters. The normalized spacial score (nSPS) is 10.7. The van der Waals surface area contributed by atoms with Crippen LogP contribution in [0.5, 0.6) is 0 Å². The molecule has 0 aliphatic rings. The van der Waals surface area contributed by atoms with Gasteiger partial charge in [-0.25, -0.2) is 9.78 Å². The van der Waals surface area contributed by atoms with Gasteiger partial charge in [-0.3, -0.25) is 9.59 Å².